The largest absolute Gasteiger partial charge is 0.399 e. The van der Waals surface area contributed by atoms with Gasteiger partial charge in [0, 0.05) is 18.8 Å². The Kier molecular flexibility index (Phi) is 4.03. The highest BCUT2D eigenvalue weighted by atomic mass is 32.1. The van der Waals surface area contributed by atoms with Gasteiger partial charge in [0.25, 0.3) is 0 Å². The maximum absolute atomic E-state index is 9.31. The molecule has 0 aliphatic heterocycles. The smallest absolute Gasteiger partial charge is 0.186 e. The van der Waals surface area contributed by atoms with Crippen molar-refractivity contribution in [3.05, 3.63) is 54.1 Å². The number of nitrogens with zero attached hydrogens (tertiary/aromatic N) is 2. The van der Waals surface area contributed by atoms with Crippen molar-refractivity contribution in [1.29, 1.82) is 0 Å². The lowest BCUT2D eigenvalue weighted by atomic mass is 10.2. The van der Waals surface area contributed by atoms with E-state index in [4.69, 9.17) is 5.73 Å². The van der Waals surface area contributed by atoms with Crippen molar-refractivity contribution in [2.24, 2.45) is 0 Å². The molecular weight excluding hydrogens is 282 g/mol. The zero-order valence-electron chi connectivity index (χ0n) is 11.6. The summed E-state index contributed by atoms with van der Waals surface area (Å²) in [6.45, 7) is 1.39. The first kappa shape index (κ1) is 13.9. The summed E-state index contributed by atoms with van der Waals surface area (Å²) in [6.07, 6.45) is 0. The Balaban J connectivity index is 1.91. The molecule has 1 heterocycles. The molecule has 0 fully saturated rings. The molecule has 0 aliphatic carbocycles. The second kappa shape index (κ2) is 6.11. The number of hydrogen-bond acceptors (Lipinski definition) is 5. The van der Waals surface area contributed by atoms with Crippen LogP contribution in [-0.4, -0.2) is 23.2 Å². The summed E-state index contributed by atoms with van der Waals surface area (Å²) >= 11 is 1.60. The van der Waals surface area contributed by atoms with Crippen LogP contribution in [0.15, 0.2) is 48.5 Å². The lowest BCUT2D eigenvalue weighted by molar-refractivity contribution is 0.301. The minimum Gasteiger partial charge on any atom is -0.399 e. The molecule has 5 heteroatoms. The molecule has 0 unspecified atom stereocenters. The number of hydrogen-bond donors (Lipinski definition) is 2. The zero-order chi connectivity index (χ0) is 14.7. The van der Waals surface area contributed by atoms with Crippen LogP contribution in [0.25, 0.3) is 10.2 Å². The number of aromatic nitrogens is 1. The third kappa shape index (κ3) is 3.15. The molecule has 3 rings (SSSR count). The lowest BCUT2D eigenvalue weighted by Gasteiger charge is -2.20. The number of thiazole rings is 1. The number of rotatable bonds is 5. The van der Waals surface area contributed by atoms with Crippen molar-refractivity contribution >= 4 is 32.4 Å². The van der Waals surface area contributed by atoms with E-state index in [1.165, 1.54) is 5.56 Å². The predicted molar refractivity (Wildman–Crippen MR) is 88.6 cm³/mol. The molecule has 3 aromatic rings. The van der Waals surface area contributed by atoms with Crippen LogP contribution in [-0.2, 0) is 6.54 Å². The molecule has 0 radical (unpaired) electrons. The van der Waals surface area contributed by atoms with Crippen LogP contribution in [0.4, 0.5) is 10.8 Å². The minimum atomic E-state index is 0.102. The number of nitrogen functional groups attached to an aromatic ring is 1. The highest BCUT2D eigenvalue weighted by molar-refractivity contribution is 7.22. The van der Waals surface area contributed by atoms with Crippen molar-refractivity contribution < 1.29 is 5.11 Å². The van der Waals surface area contributed by atoms with Crippen molar-refractivity contribution in [2.75, 3.05) is 23.8 Å². The molecular formula is C16H17N3OS. The van der Waals surface area contributed by atoms with E-state index in [1.54, 1.807) is 11.3 Å². The van der Waals surface area contributed by atoms with E-state index >= 15 is 0 Å². The van der Waals surface area contributed by atoms with Gasteiger partial charge in [-0.3, -0.25) is 0 Å². The fourth-order valence-corrected chi connectivity index (χ4v) is 3.27. The third-order valence-corrected chi connectivity index (χ3v) is 4.34. The monoisotopic (exact) mass is 299 g/mol. The van der Waals surface area contributed by atoms with Crippen LogP contribution in [0.2, 0.25) is 0 Å². The average Bonchev–Trinajstić information content (AvgIpc) is 2.91. The first-order chi connectivity index (χ1) is 10.3. The summed E-state index contributed by atoms with van der Waals surface area (Å²) in [7, 11) is 0. The molecule has 0 saturated carbocycles. The maximum atomic E-state index is 9.31. The molecule has 0 saturated heterocycles. The zero-order valence-corrected chi connectivity index (χ0v) is 12.4. The van der Waals surface area contributed by atoms with Crippen LogP contribution in [0, 0.1) is 0 Å². The van der Waals surface area contributed by atoms with Crippen molar-refractivity contribution in [1.82, 2.24) is 4.98 Å². The topological polar surface area (TPSA) is 62.4 Å². The van der Waals surface area contributed by atoms with E-state index in [0.29, 0.717) is 6.54 Å². The SMILES string of the molecule is Nc1ccc2nc(N(CCO)Cc3ccccc3)sc2c1. The molecule has 0 bridgehead atoms. The van der Waals surface area contributed by atoms with Gasteiger partial charge in [0.1, 0.15) is 0 Å². The second-order valence-electron chi connectivity index (χ2n) is 4.85. The van der Waals surface area contributed by atoms with E-state index in [0.717, 1.165) is 27.6 Å². The van der Waals surface area contributed by atoms with E-state index < -0.39 is 0 Å². The van der Waals surface area contributed by atoms with Gasteiger partial charge in [0.2, 0.25) is 0 Å². The molecule has 0 spiro atoms. The first-order valence-electron chi connectivity index (χ1n) is 6.82. The summed E-state index contributed by atoms with van der Waals surface area (Å²) in [5, 5.41) is 10.2. The highest BCUT2D eigenvalue weighted by Crippen LogP contribution is 2.30. The van der Waals surface area contributed by atoms with Crippen LogP contribution < -0.4 is 10.6 Å². The Morgan fingerprint density at radius 3 is 2.71 bits per heavy atom. The van der Waals surface area contributed by atoms with E-state index in [1.807, 2.05) is 36.4 Å². The third-order valence-electron chi connectivity index (χ3n) is 3.26. The predicted octanol–water partition coefficient (Wildman–Crippen LogP) is 2.88. The molecule has 0 aliphatic rings. The Hall–Kier alpha value is -2.11. The Bertz CT molecular complexity index is 727. The van der Waals surface area contributed by atoms with Crippen molar-refractivity contribution in [3.8, 4) is 0 Å². The minimum absolute atomic E-state index is 0.102. The molecule has 3 N–H and O–H groups in total. The summed E-state index contributed by atoms with van der Waals surface area (Å²) in [6, 6.07) is 15.9. The van der Waals surface area contributed by atoms with Gasteiger partial charge >= 0.3 is 0 Å². The normalized spacial score (nSPS) is 10.9. The highest BCUT2D eigenvalue weighted by Gasteiger charge is 2.12. The molecule has 0 amide bonds. The quantitative estimate of drug-likeness (QED) is 0.711. The van der Waals surface area contributed by atoms with Gasteiger partial charge in [0.05, 0.1) is 16.8 Å². The summed E-state index contributed by atoms with van der Waals surface area (Å²) in [5.74, 6) is 0. The Morgan fingerprint density at radius 1 is 1.14 bits per heavy atom. The number of benzene rings is 2. The number of anilines is 2. The van der Waals surface area contributed by atoms with Crippen molar-refractivity contribution in [3.63, 3.8) is 0 Å². The van der Waals surface area contributed by atoms with Gasteiger partial charge in [0.15, 0.2) is 5.13 Å². The van der Waals surface area contributed by atoms with E-state index in [9.17, 15) is 5.11 Å². The van der Waals surface area contributed by atoms with Crippen LogP contribution >= 0.6 is 11.3 Å². The second-order valence-corrected chi connectivity index (χ2v) is 5.86. The number of aliphatic hydroxyl groups is 1. The van der Waals surface area contributed by atoms with E-state index in [-0.39, 0.29) is 6.61 Å². The molecule has 0 atom stereocenters. The maximum Gasteiger partial charge on any atom is 0.186 e. The van der Waals surface area contributed by atoms with Gasteiger partial charge in [-0.1, -0.05) is 41.7 Å². The Morgan fingerprint density at radius 2 is 1.95 bits per heavy atom. The van der Waals surface area contributed by atoms with Crippen LogP contribution in [0.3, 0.4) is 0 Å². The van der Waals surface area contributed by atoms with Crippen LogP contribution in [0.5, 0.6) is 0 Å². The number of aliphatic hydroxyl groups excluding tert-OH is 1. The average molecular weight is 299 g/mol. The summed E-state index contributed by atoms with van der Waals surface area (Å²) in [4.78, 5) is 6.74. The van der Waals surface area contributed by atoms with E-state index in [2.05, 4.69) is 22.0 Å². The molecule has 4 nitrogen and oxygen atoms in total. The summed E-state index contributed by atoms with van der Waals surface area (Å²) < 4.78 is 1.07. The van der Waals surface area contributed by atoms with Gasteiger partial charge < -0.3 is 15.7 Å². The molecule has 1 aromatic heterocycles. The number of nitrogens with two attached hydrogens (primary N) is 1. The number of fused-ring (bicyclic) bond motifs is 1. The molecule has 21 heavy (non-hydrogen) atoms. The summed E-state index contributed by atoms with van der Waals surface area (Å²) in [5.41, 5.74) is 8.71. The Labute approximate surface area is 127 Å². The van der Waals surface area contributed by atoms with Crippen LogP contribution in [0.1, 0.15) is 5.56 Å². The van der Waals surface area contributed by atoms with Gasteiger partial charge in [-0.25, -0.2) is 4.98 Å². The molecule has 2 aromatic carbocycles. The standard InChI is InChI=1S/C16H17N3OS/c17-13-6-7-14-15(10-13)21-16(18-14)19(8-9-20)11-12-4-2-1-3-5-12/h1-7,10,20H,8-9,11,17H2. The van der Waals surface area contributed by atoms with Gasteiger partial charge in [-0.15, -0.1) is 0 Å². The lowest BCUT2D eigenvalue weighted by Crippen LogP contribution is -2.25. The van der Waals surface area contributed by atoms with Gasteiger partial charge in [-0.2, -0.15) is 0 Å². The van der Waals surface area contributed by atoms with Gasteiger partial charge in [-0.05, 0) is 23.8 Å². The fourth-order valence-electron chi connectivity index (χ4n) is 2.23. The molecule has 108 valence electrons. The first-order valence-corrected chi connectivity index (χ1v) is 7.64. The van der Waals surface area contributed by atoms with Crippen molar-refractivity contribution in [2.45, 2.75) is 6.54 Å². The fraction of sp³-hybridized carbons (Fsp3) is 0.188.